The van der Waals surface area contributed by atoms with E-state index in [1.807, 2.05) is 31.3 Å². The highest BCUT2D eigenvalue weighted by Crippen LogP contribution is 2.33. The Morgan fingerprint density at radius 1 is 1.35 bits per heavy atom. The van der Waals surface area contributed by atoms with Gasteiger partial charge in [0.2, 0.25) is 0 Å². The van der Waals surface area contributed by atoms with Crippen molar-refractivity contribution in [3.8, 4) is 0 Å². The Labute approximate surface area is 118 Å². The highest BCUT2D eigenvalue weighted by Gasteiger charge is 2.15. The van der Waals surface area contributed by atoms with E-state index in [9.17, 15) is 4.79 Å². The Morgan fingerprint density at radius 2 is 2.20 bits per heavy atom. The van der Waals surface area contributed by atoms with Crippen molar-refractivity contribution < 1.29 is 9.53 Å². The van der Waals surface area contributed by atoms with Crippen molar-refractivity contribution in [1.29, 1.82) is 0 Å². The molecule has 1 aliphatic carbocycles. The highest BCUT2D eigenvalue weighted by atomic mass is 16.5. The number of esters is 1. The number of hydrogen-bond donors (Lipinski definition) is 0. The van der Waals surface area contributed by atoms with Gasteiger partial charge in [0.1, 0.15) is 0 Å². The van der Waals surface area contributed by atoms with Crippen LogP contribution in [0.5, 0.6) is 0 Å². The first-order valence-electron chi connectivity index (χ1n) is 6.88. The molecule has 3 heteroatoms. The van der Waals surface area contributed by atoms with Crippen LogP contribution in [0, 0.1) is 6.92 Å². The Morgan fingerprint density at radius 3 is 2.90 bits per heavy atom. The number of aromatic nitrogens is 1. The zero-order valence-corrected chi connectivity index (χ0v) is 11.8. The maximum atomic E-state index is 11.8. The van der Waals surface area contributed by atoms with Gasteiger partial charge >= 0.3 is 5.97 Å². The average Bonchev–Trinajstić information content (AvgIpc) is 2.99. The first-order chi connectivity index (χ1) is 9.70. The second-order valence-corrected chi connectivity index (χ2v) is 5.16. The van der Waals surface area contributed by atoms with Crippen molar-refractivity contribution in [1.82, 2.24) is 4.98 Å². The smallest absolute Gasteiger partial charge is 0.337 e. The van der Waals surface area contributed by atoms with Crippen molar-refractivity contribution in [2.45, 2.75) is 26.2 Å². The highest BCUT2D eigenvalue weighted by molar-refractivity contribution is 5.99. The molecule has 0 aliphatic heterocycles. The molecule has 102 valence electrons. The summed E-state index contributed by atoms with van der Waals surface area (Å²) in [5.41, 5.74) is 5.11. The van der Waals surface area contributed by atoms with Gasteiger partial charge in [-0.1, -0.05) is 6.08 Å². The predicted molar refractivity (Wildman–Crippen MR) is 79.6 cm³/mol. The molecule has 0 amide bonds. The summed E-state index contributed by atoms with van der Waals surface area (Å²) in [5.74, 6) is -0.301. The molecule has 3 rings (SSSR count). The topological polar surface area (TPSA) is 39.2 Å². The molecule has 0 unspecified atom stereocenters. The first kappa shape index (κ1) is 12.9. The lowest BCUT2D eigenvalue weighted by Gasteiger charge is -2.10. The van der Waals surface area contributed by atoms with Gasteiger partial charge in [-0.3, -0.25) is 4.98 Å². The van der Waals surface area contributed by atoms with E-state index in [0.717, 1.165) is 29.3 Å². The van der Waals surface area contributed by atoms with Gasteiger partial charge in [-0.05, 0) is 61.1 Å². The number of hydrogen-bond acceptors (Lipinski definition) is 3. The van der Waals surface area contributed by atoms with E-state index in [-0.39, 0.29) is 5.97 Å². The summed E-state index contributed by atoms with van der Waals surface area (Å²) in [7, 11) is 1.41. The zero-order valence-electron chi connectivity index (χ0n) is 11.8. The molecule has 0 atom stereocenters. The second-order valence-electron chi connectivity index (χ2n) is 5.16. The van der Waals surface area contributed by atoms with E-state index in [1.165, 1.54) is 24.7 Å². The van der Waals surface area contributed by atoms with E-state index >= 15 is 0 Å². The van der Waals surface area contributed by atoms with Crippen molar-refractivity contribution in [2.75, 3.05) is 7.11 Å². The van der Waals surface area contributed by atoms with Gasteiger partial charge in [0.25, 0.3) is 0 Å². The number of carbonyl (C=O) groups is 1. The molecule has 1 aromatic carbocycles. The van der Waals surface area contributed by atoms with Crippen LogP contribution in [-0.2, 0) is 4.74 Å². The molecule has 0 N–H and O–H groups in total. The molecule has 2 aromatic rings. The normalized spacial score (nSPS) is 14.4. The summed E-state index contributed by atoms with van der Waals surface area (Å²) in [6.45, 7) is 1.98. The van der Waals surface area contributed by atoms with Crippen LogP contribution < -0.4 is 0 Å². The summed E-state index contributed by atoms with van der Waals surface area (Å²) in [6.07, 6.45) is 7.57. The quantitative estimate of drug-likeness (QED) is 0.775. The largest absolute Gasteiger partial charge is 0.465 e. The molecule has 0 saturated carbocycles. The summed E-state index contributed by atoms with van der Waals surface area (Å²) in [6, 6.07) is 5.78. The summed E-state index contributed by atoms with van der Waals surface area (Å²) >= 11 is 0. The SMILES string of the molecule is COC(=O)c1cc(C)c2nccc(C3=CCCC3)c2c1. The van der Waals surface area contributed by atoms with Crippen molar-refractivity contribution in [2.24, 2.45) is 0 Å². The lowest BCUT2D eigenvalue weighted by Crippen LogP contribution is -2.02. The van der Waals surface area contributed by atoms with Crippen LogP contribution in [0.3, 0.4) is 0 Å². The van der Waals surface area contributed by atoms with Crippen LogP contribution in [0.25, 0.3) is 16.5 Å². The first-order valence-corrected chi connectivity index (χ1v) is 6.88. The molecule has 1 aromatic heterocycles. The fourth-order valence-corrected chi connectivity index (χ4v) is 2.86. The number of aryl methyl sites for hydroxylation is 1. The molecule has 3 nitrogen and oxygen atoms in total. The van der Waals surface area contributed by atoms with Crippen molar-refractivity contribution >= 4 is 22.4 Å². The van der Waals surface area contributed by atoms with Crippen LogP contribution in [0.4, 0.5) is 0 Å². The van der Waals surface area contributed by atoms with Gasteiger partial charge in [-0.2, -0.15) is 0 Å². The third-order valence-corrected chi connectivity index (χ3v) is 3.84. The van der Waals surface area contributed by atoms with Gasteiger partial charge in [0, 0.05) is 11.6 Å². The number of nitrogens with zero attached hydrogens (tertiary/aromatic N) is 1. The van der Waals surface area contributed by atoms with Crippen molar-refractivity contribution in [3.05, 3.63) is 47.2 Å². The molecule has 20 heavy (non-hydrogen) atoms. The van der Waals surface area contributed by atoms with Gasteiger partial charge in [-0.15, -0.1) is 0 Å². The predicted octanol–water partition coefficient (Wildman–Crippen LogP) is 3.90. The molecule has 0 radical (unpaired) electrons. The molecule has 1 aliphatic rings. The van der Waals surface area contributed by atoms with E-state index < -0.39 is 0 Å². The fourth-order valence-electron chi connectivity index (χ4n) is 2.86. The van der Waals surface area contributed by atoms with Crippen LogP contribution in [0.1, 0.15) is 40.7 Å². The number of benzene rings is 1. The lowest BCUT2D eigenvalue weighted by atomic mass is 9.97. The Balaban J connectivity index is 2.26. The number of pyridine rings is 1. The van der Waals surface area contributed by atoms with Crippen molar-refractivity contribution in [3.63, 3.8) is 0 Å². The fraction of sp³-hybridized carbons (Fsp3) is 0.294. The lowest BCUT2D eigenvalue weighted by molar-refractivity contribution is 0.0601. The van der Waals surface area contributed by atoms with E-state index in [4.69, 9.17) is 4.74 Å². The molecule has 0 bridgehead atoms. The third kappa shape index (κ3) is 2.09. The molecular weight excluding hydrogens is 250 g/mol. The number of rotatable bonds is 2. The Hall–Kier alpha value is -2.16. The van der Waals surface area contributed by atoms with Gasteiger partial charge < -0.3 is 4.74 Å². The molecular formula is C17H17NO2. The molecule has 0 fully saturated rings. The van der Waals surface area contributed by atoms with E-state index in [1.54, 1.807) is 0 Å². The maximum absolute atomic E-state index is 11.8. The average molecular weight is 267 g/mol. The summed E-state index contributed by atoms with van der Waals surface area (Å²) in [5, 5.41) is 1.04. The zero-order chi connectivity index (χ0) is 14.1. The number of carbonyl (C=O) groups excluding carboxylic acids is 1. The van der Waals surface area contributed by atoms with Gasteiger partial charge in [0.15, 0.2) is 0 Å². The minimum atomic E-state index is -0.301. The van der Waals surface area contributed by atoms with Gasteiger partial charge in [-0.25, -0.2) is 4.79 Å². The maximum Gasteiger partial charge on any atom is 0.337 e. The monoisotopic (exact) mass is 267 g/mol. The second kappa shape index (κ2) is 5.08. The van der Waals surface area contributed by atoms with Crippen LogP contribution >= 0.6 is 0 Å². The number of fused-ring (bicyclic) bond motifs is 1. The molecule has 0 spiro atoms. The van der Waals surface area contributed by atoms with Gasteiger partial charge in [0.05, 0.1) is 18.2 Å². The minimum Gasteiger partial charge on any atom is -0.465 e. The summed E-state index contributed by atoms with van der Waals surface area (Å²) < 4.78 is 4.83. The standard InChI is InChI=1S/C17H17NO2/c1-11-9-13(17(19)20-2)10-15-14(7-8-18-16(11)15)12-5-3-4-6-12/h5,7-10H,3-4,6H2,1-2H3. The van der Waals surface area contributed by atoms with Crippen LogP contribution in [0.15, 0.2) is 30.5 Å². The molecule has 1 heterocycles. The van der Waals surface area contributed by atoms with Crippen LogP contribution in [0.2, 0.25) is 0 Å². The van der Waals surface area contributed by atoms with E-state index in [2.05, 4.69) is 11.1 Å². The Kier molecular flexibility index (Phi) is 3.26. The third-order valence-electron chi connectivity index (χ3n) is 3.84. The minimum absolute atomic E-state index is 0.301. The molecule has 0 saturated heterocycles. The van der Waals surface area contributed by atoms with E-state index in [0.29, 0.717) is 5.56 Å². The number of methoxy groups -OCH3 is 1. The van der Waals surface area contributed by atoms with Crippen LogP contribution in [-0.4, -0.2) is 18.1 Å². The Bertz CT molecular complexity index is 716. The number of ether oxygens (including phenoxy) is 1. The number of allylic oxidation sites excluding steroid dienone is 2. The summed E-state index contributed by atoms with van der Waals surface area (Å²) in [4.78, 5) is 16.2.